The van der Waals surface area contributed by atoms with Crippen molar-refractivity contribution in [3.05, 3.63) is 29.8 Å². The Labute approximate surface area is 99.5 Å². The van der Waals surface area contributed by atoms with Gasteiger partial charge in [0.15, 0.2) is 0 Å². The maximum Gasteiger partial charge on any atom is 0.253 e. The van der Waals surface area contributed by atoms with Crippen LogP contribution in [-0.2, 0) is 4.79 Å². The molecule has 0 atom stereocenters. The molecule has 5 N–H and O–H groups in total. The number of hydrogen-bond donors (Lipinski definition) is 4. The Bertz CT molecular complexity index is 406. The zero-order valence-corrected chi connectivity index (χ0v) is 9.62. The van der Waals surface area contributed by atoms with Gasteiger partial charge in [0, 0.05) is 6.54 Å². The van der Waals surface area contributed by atoms with E-state index in [4.69, 9.17) is 5.84 Å². The van der Waals surface area contributed by atoms with Crippen molar-refractivity contribution in [3.8, 4) is 0 Å². The zero-order chi connectivity index (χ0) is 12.7. The molecule has 6 nitrogen and oxygen atoms in total. The quantitative estimate of drug-likeness (QED) is 0.422. The van der Waals surface area contributed by atoms with Crippen molar-refractivity contribution < 1.29 is 9.59 Å². The Balaban J connectivity index is 2.61. The van der Waals surface area contributed by atoms with Gasteiger partial charge in [0.25, 0.3) is 5.91 Å². The maximum absolute atomic E-state index is 11.7. The first-order chi connectivity index (χ1) is 8.19. The van der Waals surface area contributed by atoms with Gasteiger partial charge >= 0.3 is 0 Å². The van der Waals surface area contributed by atoms with E-state index in [0.717, 1.165) is 0 Å². The number of carbonyl (C=O) groups is 2. The van der Waals surface area contributed by atoms with Crippen molar-refractivity contribution in [2.75, 3.05) is 18.5 Å². The van der Waals surface area contributed by atoms with Gasteiger partial charge in [-0.15, -0.1) is 0 Å². The van der Waals surface area contributed by atoms with Crippen molar-refractivity contribution >= 4 is 17.5 Å². The van der Waals surface area contributed by atoms with Gasteiger partial charge in [-0.2, -0.15) is 0 Å². The van der Waals surface area contributed by atoms with Crippen LogP contribution in [-0.4, -0.2) is 24.9 Å². The summed E-state index contributed by atoms with van der Waals surface area (Å²) in [7, 11) is 0. The Kier molecular flexibility index (Phi) is 4.96. The highest BCUT2D eigenvalue weighted by atomic mass is 16.2. The van der Waals surface area contributed by atoms with E-state index in [9.17, 15) is 9.59 Å². The van der Waals surface area contributed by atoms with E-state index in [2.05, 4.69) is 16.1 Å². The lowest BCUT2D eigenvalue weighted by molar-refractivity contribution is -0.120. The average molecular weight is 236 g/mol. The highest BCUT2D eigenvalue weighted by molar-refractivity contribution is 6.00. The van der Waals surface area contributed by atoms with E-state index in [1.807, 2.05) is 6.92 Å². The van der Waals surface area contributed by atoms with Crippen molar-refractivity contribution in [2.24, 2.45) is 5.84 Å². The topological polar surface area (TPSA) is 96.2 Å². The minimum Gasteiger partial charge on any atom is -0.355 e. The molecule has 92 valence electrons. The molecule has 0 aliphatic rings. The molecule has 0 aliphatic carbocycles. The number of likely N-dealkylation sites (N-methyl/N-ethyl adjacent to an activating group) is 1. The Morgan fingerprint density at radius 3 is 2.59 bits per heavy atom. The van der Waals surface area contributed by atoms with E-state index in [1.165, 1.54) is 0 Å². The third-order valence-electron chi connectivity index (χ3n) is 2.11. The SMILES string of the molecule is CCNC(=O)CNC(=O)c1ccccc1NN. The van der Waals surface area contributed by atoms with Crippen LogP contribution in [0.1, 0.15) is 17.3 Å². The monoisotopic (exact) mass is 236 g/mol. The molecule has 1 rings (SSSR count). The van der Waals surface area contributed by atoms with E-state index >= 15 is 0 Å². The Hall–Kier alpha value is -2.08. The fraction of sp³-hybridized carbons (Fsp3) is 0.273. The summed E-state index contributed by atoms with van der Waals surface area (Å²) in [6, 6.07) is 6.79. The van der Waals surface area contributed by atoms with Gasteiger partial charge in [-0.05, 0) is 19.1 Å². The lowest BCUT2D eigenvalue weighted by Gasteiger charge is -2.09. The number of hydrogen-bond acceptors (Lipinski definition) is 4. The van der Waals surface area contributed by atoms with Crippen LogP contribution in [0.3, 0.4) is 0 Å². The molecule has 6 heteroatoms. The largest absolute Gasteiger partial charge is 0.355 e. The van der Waals surface area contributed by atoms with Crippen LogP contribution in [0.5, 0.6) is 0 Å². The smallest absolute Gasteiger partial charge is 0.253 e. The van der Waals surface area contributed by atoms with Crippen molar-refractivity contribution in [1.29, 1.82) is 0 Å². The van der Waals surface area contributed by atoms with Crippen molar-refractivity contribution in [3.63, 3.8) is 0 Å². The molecule has 0 aromatic heterocycles. The summed E-state index contributed by atoms with van der Waals surface area (Å²) in [5, 5.41) is 5.10. The Morgan fingerprint density at radius 1 is 1.24 bits per heavy atom. The van der Waals surface area contributed by atoms with Crippen LogP contribution in [0.15, 0.2) is 24.3 Å². The number of nitrogens with one attached hydrogen (secondary N) is 3. The molecule has 2 amide bonds. The molecule has 0 saturated carbocycles. The lowest BCUT2D eigenvalue weighted by atomic mass is 10.1. The molecular weight excluding hydrogens is 220 g/mol. The first-order valence-electron chi connectivity index (χ1n) is 5.29. The number of nitrogen functional groups attached to an aromatic ring is 1. The molecule has 1 aromatic rings. The summed E-state index contributed by atoms with van der Waals surface area (Å²) in [5.74, 6) is 4.72. The minimum atomic E-state index is -0.343. The number of anilines is 1. The molecule has 0 unspecified atom stereocenters. The molecule has 1 aromatic carbocycles. The van der Waals surface area contributed by atoms with Crippen LogP contribution >= 0.6 is 0 Å². The Morgan fingerprint density at radius 2 is 1.94 bits per heavy atom. The van der Waals surface area contributed by atoms with Crippen LogP contribution in [0.4, 0.5) is 5.69 Å². The predicted octanol–water partition coefficient (Wildman–Crippen LogP) is -0.162. The first-order valence-corrected chi connectivity index (χ1v) is 5.29. The lowest BCUT2D eigenvalue weighted by Crippen LogP contribution is -2.37. The fourth-order valence-electron chi connectivity index (χ4n) is 1.32. The van der Waals surface area contributed by atoms with E-state index in [0.29, 0.717) is 17.8 Å². The predicted molar refractivity (Wildman–Crippen MR) is 65.3 cm³/mol. The summed E-state index contributed by atoms with van der Waals surface area (Å²) >= 11 is 0. The van der Waals surface area contributed by atoms with Crippen molar-refractivity contribution in [2.45, 2.75) is 6.92 Å². The van der Waals surface area contributed by atoms with Gasteiger partial charge in [0.05, 0.1) is 17.8 Å². The zero-order valence-electron chi connectivity index (χ0n) is 9.62. The van der Waals surface area contributed by atoms with Gasteiger partial charge in [-0.1, -0.05) is 12.1 Å². The number of rotatable bonds is 5. The van der Waals surface area contributed by atoms with Gasteiger partial charge in [-0.3, -0.25) is 15.4 Å². The highest BCUT2D eigenvalue weighted by Crippen LogP contribution is 2.12. The molecule has 0 bridgehead atoms. The second kappa shape index (κ2) is 6.49. The normalized spacial score (nSPS) is 9.53. The van der Waals surface area contributed by atoms with Crippen molar-refractivity contribution in [1.82, 2.24) is 10.6 Å². The molecule has 0 aliphatic heterocycles. The van der Waals surface area contributed by atoms with Crippen LogP contribution in [0.25, 0.3) is 0 Å². The van der Waals surface area contributed by atoms with Gasteiger partial charge in [-0.25, -0.2) is 0 Å². The van der Waals surface area contributed by atoms with E-state index in [-0.39, 0.29) is 18.4 Å². The van der Waals surface area contributed by atoms with Crippen LogP contribution in [0, 0.1) is 0 Å². The highest BCUT2D eigenvalue weighted by Gasteiger charge is 2.10. The van der Waals surface area contributed by atoms with Crippen LogP contribution < -0.4 is 21.9 Å². The van der Waals surface area contributed by atoms with Gasteiger partial charge in [0.1, 0.15) is 0 Å². The minimum absolute atomic E-state index is 0.0500. The number of amides is 2. The molecule has 0 heterocycles. The van der Waals surface area contributed by atoms with Crippen LogP contribution in [0.2, 0.25) is 0 Å². The summed E-state index contributed by atoms with van der Waals surface area (Å²) in [6.45, 7) is 2.30. The fourth-order valence-corrected chi connectivity index (χ4v) is 1.32. The molecule has 0 radical (unpaired) electrons. The summed E-state index contributed by atoms with van der Waals surface area (Å²) in [4.78, 5) is 22.9. The second-order valence-corrected chi connectivity index (χ2v) is 3.33. The first kappa shape index (κ1) is 13.0. The van der Waals surface area contributed by atoms with E-state index < -0.39 is 0 Å². The average Bonchev–Trinajstić information content (AvgIpc) is 2.36. The number of benzene rings is 1. The third-order valence-corrected chi connectivity index (χ3v) is 2.11. The summed E-state index contributed by atoms with van der Waals surface area (Å²) in [5.41, 5.74) is 3.34. The summed E-state index contributed by atoms with van der Waals surface area (Å²) < 4.78 is 0. The van der Waals surface area contributed by atoms with Gasteiger partial charge < -0.3 is 16.1 Å². The molecule has 0 saturated heterocycles. The number of nitrogens with two attached hydrogens (primary N) is 1. The van der Waals surface area contributed by atoms with E-state index in [1.54, 1.807) is 24.3 Å². The molecule has 0 fully saturated rings. The second-order valence-electron chi connectivity index (χ2n) is 3.33. The summed E-state index contributed by atoms with van der Waals surface area (Å²) in [6.07, 6.45) is 0. The standard InChI is InChI=1S/C11H16N4O2/c1-2-13-10(16)7-14-11(17)8-5-3-4-6-9(8)15-12/h3-6,15H,2,7,12H2,1H3,(H,13,16)(H,14,17). The molecule has 0 spiro atoms. The number of carbonyl (C=O) groups excluding carboxylic acids is 2. The third kappa shape index (κ3) is 3.76. The van der Waals surface area contributed by atoms with Gasteiger partial charge in [0.2, 0.25) is 5.91 Å². The maximum atomic E-state index is 11.7. The molecular formula is C11H16N4O2. The molecule has 17 heavy (non-hydrogen) atoms. The number of para-hydroxylation sites is 1. The number of hydrazine groups is 1.